The lowest BCUT2D eigenvalue weighted by Gasteiger charge is -2.08. The molecule has 1 aliphatic rings. The fourth-order valence-corrected chi connectivity index (χ4v) is 5.30. The second-order valence-corrected chi connectivity index (χ2v) is 9.60. The number of fused-ring (bicyclic) bond motifs is 1. The van der Waals surface area contributed by atoms with Crippen LogP contribution in [-0.4, -0.2) is 26.5 Å². The van der Waals surface area contributed by atoms with Crippen molar-refractivity contribution in [3.05, 3.63) is 63.8 Å². The van der Waals surface area contributed by atoms with E-state index in [0.29, 0.717) is 12.4 Å². The molecule has 1 aliphatic heterocycles. The highest BCUT2D eigenvalue weighted by atomic mass is 79.9. The van der Waals surface area contributed by atoms with Gasteiger partial charge in [-0.2, -0.15) is 0 Å². The minimum Gasteiger partial charge on any atom is -0.486 e. The van der Waals surface area contributed by atoms with Gasteiger partial charge in [0.05, 0.1) is 5.69 Å². The summed E-state index contributed by atoms with van der Waals surface area (Å²) in [6.45, 7) is 3.49. The van der Waals surface area contributed by atoms with Crippen molar-refractivity contribution in [2.24, 2.45) is 0 Å². The lowest BCUT2D eigenvalue weighted by molar-refractivity contribution is 0.174. The summed E-state index contributed by atoms with van der Waals surface area (Å²) in [5.74, 6) is 3.86. The van der Waals surface area contributed by atoms with Crippen LogP contribution >= 0.6 is 39.0 Å². The Labute approximate surface area is 201 Å². The predicted octanol–water partition coefficient (Wildman–Crippen LogP) is 5.78. The van der Waals surface area contributed by atoms with Crippen LogP contribution in [0.4, 0.5) is 0 Å². The quantitative estimate of drug-likeness (QED) is 0.267. The van der Waals surface area contributed by atoms with Crippen LogP contribution < -0.4 is 14.2 Å². The van der Waals surface area contributed by atoms with E-state index in [1.165, 1.54) is 0 Å². The van der Waals surface area contributed by atoms with E-state index in [0.717, 1.165) is 55.5 Å². The summed E-state index contributed by atoms with van der Waals surface area (Å²) in [7, 11) is 0. The van der Waals surface area contributed by atoms with Gasteiger partial charge >= 0.3 is 0 Å². The average Bonchev–Trinajstić information content (AvgIpc) is 3.55. The first-order valence-corrected chi connectivity index (χ1v) is 12.6. The molecule has 7 nitrogen and oxygen atoms in total. The molecule has 164 valence electrons. The minimum absolute atomic E-state index is 0.271. The molecule has 32 heavy (non-hydrogen) atoms. The second kappa shape index (κ2) is 9.51. The number of thiazole rings is 1. The van der Waals surface area contributed by atoms with Crippen LogP contribution in [0.3, 0.4) is 0 Å². The van der Waals surface area contributed by atoms with Crippen LogP contribution in [0.5, 0.6) is 17.2 Å². The molecule has 0 radical (unpaired) electrons. The zero-order chi connectivity index (χ0) is 21.9. The smallest absolute Gasteiger partial charge is 0.231 e. The molecule has 0 unspecified atom stereocenters. The summed E-state index contributed by atoms with van der Waals surface area (Å²) >= 11 is 6.67. The van der Waals surface area contributed by atoms with Crippen LogP contribution in [0.15, 0.2) is 57.5 Å². The van der Waals surface area contributed by atoms with Gasteiger partial charge in [-0.05, 0) is 49.4 Å². The van der Waals surface area contributed by atoms with Gasteiger partial charge in [0.2, 0.25) is 6.79 Å². The molecular weight excluding hydrogens is 512 g/mol. The Kier molecular flexibility index (Phi) is 6.33. The SMILES string of the molecule is CCn1c(COc2ccc(Br)cc2)nnc1SCc1csc(-c2ccc3c(c2)OCO3)n1. The van der Waals surface area contributed by atoms with Crippen molar-refractivity contribution in [3.63, 3.8) is 0 Å². The van der Waals surface area contributed by atoms with Crippen molar-refractivity contribution >= 4 is 39.0 Å². The number of rotatable bonds is 8. The lowest BCUT2D eigenvalue weighted by Crippen LogP contribution is -2.07. The third-order valence-electron chi connectivity index (χ3n) is 4.81. The number of aromatic nitrogens is 4. The van der Waals surface area contributed by atoms with Crippen molar-refractivity contribution < 1.29 is 14.2 Å². The fraction of sp³-hybridized carbons (Fsp3) is 0.227. The Morgan fingerprint density at radius 1 is 1.12 bits per heavy atom. The van der Waals surface area contributed by atoms with Crippen LogP contribution in [-0.2, 0) is 18.9 Å². The molecule has 0 amide bonds. The predicted molar refractivity (Wildman–Crippen MR) is 127 cm³/mol. The largest absolute Gasteiger partial charge is 0.486 e. The van der Waals surface area contributed by atoms with Gasteiger partial charge in [-0.3, -0.25) is 0 Å². The zero-order valence-corrected chi connectivity index (χ0v) is 20.4. The number of nitrogens with zero attached hydrogens (tertiary/aromatic N) is 4. The molecule has 0 saturated heterocycles. The van der Waals surface area contributed by atoms with Gasteiger partial charge in [-0.15, -0.1) is 21.5 Å². The molecule has 0 bridgehead atoms. The van der Waals surface area contributed by atoms with Gasteiger partial charge in [0.25, 0.3) is 0 Å². The molecule has 0 N–H and O–H groups in total. The van der Waals surface area contributed by atoms with E-state index in [-0.39, 0.29) is 6.79 Å². The Bertz CT molecular complexity index is 1230. The lowest BCUT2D eigenvalue weighted by atomic mass is 10.2. The van der Waals surface area contributed by atoms with E-state index in [1.807, 2.05) is 42.5 Å². The van der Waals surface area contributed by atoms with E-state index in [1.54, 1.807) is 23.1 Å². The van der Waals surface area contributed by atoms with Gasteiger partial charge in [0.15, 0.2) is 22.5 Å². The molecule has 0 fully saturated rings. The van der Waals surface area contributed by atoms with Crippen molar-refractivity contribution in [3.8, 4) is 27.8 Å². The first-order valence-electron chi connectivity index (χ1n) is 9.97. The summed E-state index contributed by atoms with van der Waals surface area (Å²) < 4.78 is 19.8. The average molecular weight is 531 g/mol. The van der Waals surface area contributed by atoms with Crippen LogP contribution in [0.1, 0.15) is 18.4 Å². The molecule has 2 aromatic carbocycles. The molecule has 0 saturated carbocycles. The monoisotopic (exact) mass is 530 g/mol. The highest BCUT2D eigenvalue weighted by molar-refractivity contribution is 9.10. The first-order chi connectivity index (χ1) is 15.7. The van der Waals surface area contributed by atoms with Crippen LogP contribution in [0.25, 0.3) is 10.6 Å². The molecule has 2 aromatic heterocycles. The van der Waals surface area contributed by atoms with Crippen LogP contribution in [0, 0.1) is 0 Å². The summed E-state index contributed by atoms with van der Waals surface area (Å²) in [4.78, 5) is 4.78. The molecule has 4 aromatic rings. The van der Waals surface area contributed by atoms with E-state index >= 15 is 0 Å². The van der Waals surface area contributed by atoms with E-state index in [9.17, 15) is 0 Å². The van der Waals surface area contributed by atoms with E-state index in [4.69, 9.17) is 19.2 Å². The summed E-state index contributed by atoms with van der Waals surface area (Å²) in [5, 5.41) is 12.6. The summed E-state index contributed by atoms with van der Waals surface area (Å²) in [6, 6.07) is 13.7. The van der Waals surface area contributed by atoms with Crippen molar-refractivity contribution in [2.45, 2.75) is 31.0 Å². The molecular formula is C22H19BrN4O3S2. The topological polar surface area (TPSA) is 71.3 Å². The zero-order valence-electron chi connectivity index (χ0n) is 17.2. The second-order valence-electron chi connectivity index (χ2n) is 6.89. The first kappa shape index (κ1) is 21.3. The Hall–Kier alpha value is -2.56. The van der Waals surface area contributed by atoms with Crippen LogP contribution in [0.2, 0.25) is 0 Å². The third kappa shape index (κ3) is 4.62. The normalized spacial score (nSPS) is 12.3. The highest BCUT2D eigenvalue weighted by Crippen LogP contribution is 2.37. The summed E-state index contributed by atoms with van der Waals surface area (Å²) in [6.07, 6.45) is 0. The third-order valence-corrected chi connectivity index (χ3v) is 7.28. The maximum absolute atomic E-state index is 5.87. The molecule has 0 atom stereocenters. The van der Waals surface area contributed by atoms with Gasteiger partial charge in [0.1, 0.15) is 17.4 Å². The maximum Gasteiger partial charge on any atom is 0.231 e. The van der Waals surface area contributed by atoms with Gasteiger partial charge < -0.3 is 18.8 Å². The number of ether oxygens (including phenoxy) is 3. The molecule has 0 spiro atoms. The minimum atomic E-state index is 0.271. The molecule has 10 heteroatoms. The van der Waals surface area contributed by atoms with Gasteiger partial charge in [0, 0.05) is 27.7 Å². The van der Waals surface area contributed by atoms with Gasteiger partial charge in [-0.25, -0.2) is 4.98 Å². The van der Waals surface area contributed by atoms with E-state index < -0.39 is 0 Å². The number of halogens is 1. The number of hydrogen-bond acceptors (Lipinski definition) is 8. The van der Waals surface area contributed by atoms with Gasteiger partial charge in [-0.1, -0.05) is 27.7 Å². The highest BCUT2D eigenvalue weighted by Gasteiger charge is 2.16. The van der Waals surface area contributed by atoms with Crippen molar-refractivity contribution in [1.29, 1.82) is 0 Å². The molecule has 3 heterocycles. The number of thioether (sulfide) groups is 1. The number of hydrogen-bond donors (Lipinski definition) is 0. The Morgan fingerprint density at radius 2 is 1.97 bits per heavy atom. The standard InChI is InChI=1S/C22H19BrN4O3S2/c1-2-27-20(10-28-17-6-4-15(23)5-7-17)25-26-22(27)32-12-16-11-31-21(24-16)14-3-8-18-19(9-14)30-13-29-18/h3-9,11H,2,10,12-13H2,1H3. The van der Waals surface area contributed by atoms with Crippen molar-refractivity contribution in [1.82, 2.24) is 19.7 Å². The molecule has 5 rings (SSSR count). The summed E-state index contributed by atoms with van der Waals surface area (Å²) in [5.41, 5.74) is 2.03. The van der Waals surface area contributed by atoms with E-state index in [2.05, 4.69) is 43.0 Å². The Balaban J connectivity index is 1.23. The fourth-order valence-electron chi connectivity index (χ4n) is 3.20. The Morgan fingerprint density at radius 3 is 2.81 bits per heavy atom. The number of benzene rings is 2. The van der Waals surface area contributed by atoms with Crippen molar-refractivity contribution in [2.75, 3.05) is 6.79 Å². The molecule has 0 aliphatic carbocycles. The maximum atomic E-state index is 5.87.